The van der Waals surface area contributed by atoms with Crippen LogP contribution in [0.15, 0.2) is 18.2 Å². The van der Waals surface area contributed by atoms with Crippen molar-refractivity contribution in [2.45, 2.75) is 0 Å². The second kappa shape index (κ2) is 7.77. The molecule has 0 saturated heterocycles. The average molecular weight is 277 g/mol. The molecule has 0 atom stereocenters. The molecular formula is C12H18Cl2N2O. The number of likely N-dealkylation sites (N-methyl/N-ethyl adjacent to an activating group) is 1. The first-order valence-electron chi connectivity index (χ1n) is 5.53. The molecule has 1 rings (SSSR count). The minimum atomic E-state index is 0.518. The summed E-state index contributed by atoms with van der Waals surface area (Å²) in [6.07, 6.45) is 0. The highest BCUT2D eigenvalue weighted by atomic mass is 35.5. The maximum atomic E-state index is 5.88. The Kier molecular flexibility index (Phi) is 6.66. The zero-order valence-electron chi connectivity index (χ0n) is 10.2. The van der Waals surface area contributed by atoms with Gasteiger partial charge < -0.3 is 15.0 Å². The van der Waals surface area contributed by atoms with Crippen LogP contribution in [0.1, 0.15) is 0 Å². The molecule has 1 N–H and O–H groups in total. The van der Waals surface area contributed by atoms with Crippen LogP contribution in [0, 0.1) is 0 Å². The SMILES string of the molecule is CN(C)CCNCCOc1ccc(Cl)c(Cl)c1. The fourth-order valence-electron chi connectivity index (χ4n) is 1.24. The van der Waals surface area contributed by atoms with Crippen molar-refractivity contribution in [1.29, 1.82) is 0 Å². The van der Waals surface area contributed by atoms with Crippen molar-refractivity contribution in [2.24, 2.45) is 0 Å². The third-order valence-electron chi connectivity index (χ3n) is 2.17. The van der Waals surface area contributed by atoms with Crippen molar-refractivity contribution in [2.75, 3.05) is 40.3 Å². The van der Waals surface area contributed by atoms with E-state index in [1.54, 1.807) is 12.1 Å². The van der Waals surface area contributed by atoms with E-state index in [1.165, 1.54) is 0 Å². The van der Waals surface area contributed by atoms with Crippen LogP contribution >= 0.6 is 23.2 Å². The summed E-state index contributed by atoms with van der Waals surface area (Å²) in [5, 5.41) is 4.35. The molecule has 0 aliphatic carbocycles. The van der Waals surface area contributed by atoms with Crippen LogP contribution < -0.4 is 10.1 Å². The summed E-state index contributed by atoms with van der Waals surface area (Å²) in [7, 11) is 4.10. The Morgan fingerprint density at radius 1 is 1.18 bits per heavy atom. The number of halogens is 2. The van der Waals surface area contributed by atoms with E-state index in [-0.39, 0.29) is 0 Å². The van der Waals surface area contributed by atoms with Gasteiger partial charge in [-0.05, 0) is 26.2 Å². The van der Waals surface area contributed by atoms with Gasteiger partial charge in [-0.25, -0.2) is 0 Å². The summed E-state index contributed by atoms with van der Waals surface area (Å²) in [6.45, 7) is 3.41. The number of hydrogen-bond acceptors (Lipinski definition) is 3. The van der Waals surface area contributed by atoms with Crippen molar-refractivity contribution >= 4 is 23.2 Å². The van der Waals surface area contributed by atoms with E-state index in [0.29, 0.717) is 16.7 Å². The summed E-state index contributed by atoms with van der Waals surface area (Å²) in [5.74, 6) is 0.744. The fourth-order valence-corrected chi connectivity index (χ4v) is 1.52. The van der Waals surface area contributed by atoms with E-state index in [0.717, 1.165) is 25.4 Å². The highest BCUT2D eigenvalue weighted by Crippen LogP contribution is 2.26. The maximum Gasteiger partial charge on any atom is 0.120 e. The Morgan fingerprint density at radius 2 is 1.94 bits per heavy atom. The van der Waals surface area contributed by atoms with Gasteiger partial charge in [-0.15, -0.1) is 0 Å². The summed E-state index contributed by atoms with van der Waals surface area (Å²) >= 11 is 11.7. The van der Waals surface area contributed by atoms with Crippen LogP contribution in [-0.4, -0.2) is 45.2 Å². The van der Waals surface area contributed by atoms with Gasteiger partial charge in [-0.2, -0.15) is 0 Å². The van der Waals surface area contributed by atoms with Crippen LogP contribution in [0.2, 0.25) is 10.0 Å². The molecule has 0 saturated carbocycles. The topological polar surface area (TPSA) is 24.5 Å². The summed E-state index contributed by atoms with van der Waals surface area (Å²) in [6, 6.07) is 5.27. The monoisotopic (exact) mass is 276 g/mol. The first-order chi connectivity index (χ1) is 8.09. The molecule has 3 nitrogen and oxygen atoms in total. The largest absolute Gasteiger partial charge is 0.492 e. The van der Waals surface area contributed by atoms with Gasteiger partial charge in [-0.1, -0.05) is 23.2 Å². The van der Waals surface area contributed by atoms with Gasteiger partial charge in [0.1, 0.15) is 12.4 Å². The quantitative estimate of drug-likeness (QED) is 0.775. The fraction of sp³-hybridized carbons (Fsp3) is 0.500. The Balaban J connectivity index is 2.16. The molecule has 0 unspecified atom stereocenters. The molecule has 0 aliphatic heterocycles. The lowest BCUT2D eigenvalue weighted by atomic mass is 10.3. The van der Waals surface area contributed by atoms with E-state index in [4.69, 9.17) is 27.9 Å². The number of ether oxygens (including phenoxy) is 1. The standard InChI is InChI=1S/C12H18Cl2N2O/c1-16(2)7-5-15-6-8-17-10-3-4-11(13)12(14)9-10/h3-4,9,15H,5-8H2,1-2H3. The molecule has 5 heteroatoms. The molecule has 0 bridgehead atoms. The molecular weight excluding hydrogens is 259 g/mol. The minimum Gasteiger partial charge on any atom is -0.492 e. The van der Waals surface area contributed by atoms with Gasteiger partial charge in [0, 0.05) is 25.7 Å². The second-order valence-corrected chi connectivity index (χ2v) is 4.79. The predicted molar refractivity (Wildman–Crippen MR) is 73.4 cm³/mol. The molecule has 1 aromatic carbocycles. The van der Waals surface area contributed by atoms with Crippen LogP contribution in [0.4, 0.5) is 0 Å². The van der Waals surface area contributed by atoms with Crippen LogP contribution in [0.25, 0.3) is 0 Å². The van der Waals surface area contributed by atoms with Crippen molar-refractivity contribution in [3.05, 3.63) is 28.2 Å². The summed E-state index contributed by atoms with van der Waals surface area (Å²) in [4.78, 5) is 2.13. The zero-order valence-corrected chi connectivity index (χ0v) is 11.7. The molecule has 0 radical (unpaired) electrons. The van der Waals surface area contributed by atoms with Crippen LogP contribution in [-0.2, 0) is 0 Å². The van der Waals surface area contributed by atoms with Crippen molar-refractivity contribution < 1.29 is 4.74 Å². The summed E-state index contributed by atoms with van der Waals surface area (Å²) in [5.41, 5.74) is 0. The third-order valence-corrected chi connectivity index (χ3v) is 2.91. The lowest BCUT2D eigenvalue weighted by Gasteiger charge is -2.11. The normalized spacial score (nSPS) is 10.9. The third kappa shape index (κ3) is 6.13. The molecule has 0 fully saturated rings. The van der Waals surface area contributed by atoms with E-state index in [1.807, 2.05) is 20.2 Å². The molecule has 0 heterocycles. The number of rotatable bonds is 7. The molecule has 0 amide bonds. The van der Waals surface area contributed by atoms with Gasteiger partial charge >= 0.3 is 0 Å². The summed E-state index contributed by atoms with van der Waals surface area (Å²) < 4.78 is 5.53. The number of nitrogens with zero attached hydrogens (tertiary/aromatic N) is 1. The molecule has 0 aliphatic rings. The highest BCUT2D eigenvalue weighted by Gasteiger charge is 1.99. The molecule has 96 valence electrons. The van der Waals surface area contributed by atoms with Gasteiger partial charge in [-0.3, -0.25) is 0 Å². The molecule has 0 spiro atoms. The number of hydrogen-bond donors (Lipinski definition) is 1. The van der Waals surface area contributed by atoms with E-state index in [9.17, 15) is 0 Å². The van der Waals surface area contributed by atoms with Gasteiger partial charge in [0.15, 0.2) is 0 Å². The second-order valence-electron chi connectivity index (χ2n) is 3.98. The Labute approximate surface area is 113 Å². The number of benzene rings is 1. The zero-order chi connectivity index (χ0) is 12.7. The maximum absolute atomic E-state index is 5.88. The number of nitrogens with one attached hydrogen (secondary N) is 1. The van der Waals surface area contributed by atoms with Crippen LogP contribution in [0.3, 0.4) is 0 Å². The predicted octanol–water partition coefficient (Wildman–Crippen LogP) is 2.52. The lowest BCUT2D eigenvalue weighted by Crippen LogP contribution is -2.29. The Hall–Kier alpha value is -0.480. The van der Waals surface area contributed by atoms with Gasteiger partial charge in [0.2, 0.25) is 0 Å². The van der Waals surface area contributed by atoms with E-state index >= 15 is 0 Å². The van der Waals surface area contributed by atoms with Crippen molar-refractivity contribution in [1.82, 2.24) is 10.2 Å². The first-order valence-corrected chi connectivity index (χ1v) is 6.28. The lowest BCUT2D eigenvalue weighted by molar-refractivity contribution is 0.308. The molecule has 17 heavy (non-hydrogen) atoms. The van der Waals surface area contributed by atoms with Gasteiger partial charge in [0.05, 0.1) is 10.0 Å². The van der Waals surface area contributed by atoms with E-state index in [2.05, 4.69) is 10.2 Å². The minimum absolute atomic E-state index is 0.518. The Morgan fingerprint density at radius 3 is 2.59 bits per heavy atom. The highest BCUT2D eigenvalue weighted by molar-refractivity contribution is 6.42. The average Bonchev–Trinajstić information content (AvgIpc) is 2.27. The van der Waals surface area contributed by atoms with Crippen LogP contribution in [0.5, 0.6) is 5.75 Å². The van der Waals surface area contributed by atoms with Gasteiger partial charge in [0.25, 0.3) is 0 Å². The van der Waals surface area contributed by atoms with Crippen molar-refractivity contribution in [3.63, 3.8) is 0 Å². The Bertz CT molecular complexity index is 345. The first kappa shape index (κ1) is 14.6. The smallest absolute Gasteiger partial charge is 0.120 e. The molecule has 0 aromatic heterocycles. The van der Waals surface area contributed by atoms with Crippen molar-refractivity contribution in [3.8, 4) is 5.75 Å². The van der Waals surface area contributed by atoms with E-state index < -0.39 is 0 Å². The molecule has 1 aromatic rings.